The van der Waals surface area contributed by atoms with E-state index in [9.17, 15) is 14.4 Å². The largest absolute Gasteiger partial charge is 0.481 e. The first-order chi connectivity index (χ1) is 16.2. The number of carboxylic acid groups (broad SMARTS) is 1. The fourth-order valence-corrected chi connectivity index (χ4v) is 4.18. The number of amides is 1. The van der Waals surface area contributed by atoms with Gasteiger partial charge in [0, 0.05) is 0 Å². The number of nitrogens with one attached hydrogen (secondary N) is 1. The van der Waals surface area contributed by atoms with Crippen molar-refractivity contribution in [3.63, 3.8) is 0 Å². The molecule has 0 radical (unpaired) electrons. The molecule has 2 N–H and O–H groups in total. The van der Waals surface area contributed by atoms with Gasteiger partial charge in [0.1, 0.15) is 19.2 Å². The average molecular weight is 545 g/mol. The molecule has 0 aliphatic carbocycles. The standard InChI is InChI=1S/C20H16Cl3N5O5S/c21-12-6-7-13(22)18(17(12)23)34-19-25-27-28(26-19)9-15(29)14(8-16(30)31)24-20(32)33-10-11-4-2-1-3-5-11/h1-7,14H,8-10H2,(H,24,32)(H,30,31). The van der Waals surface area contributed by atoms with Crippen molar-refractivity contribution in [1.29, 1.82) is 0 Å². The van der Waals surface area contributed by atoms with Crippen LogP contribution in [0.5, 0.6) is 0 Å². The number of halogens is 3. The predicted octanol–water partition coefficient (Wildman–Crippen LogP) is 4.12. The Hall–Kier alpha value is -2.86. The molecule has 0 fully saturated rings. The topological polar surface area (TPSA) is 136 Å². The van der Waals surface area contributed by atoms with E-state index in [1.807, 2.05) is 6.07 Å². The van der Waals surface area contributed by atoms with E-state index in [-0.39, 0.29) is 21.8 Å². The number of ether oxygens (including phenoxy) is 1. The Morgan fingerprint density at radius 3 is 2.50 bits per heavy atom. The monoisotopic (exact) mass is 543 g/mol. The van der Waals surface area contributed by atoms with Crippen molar-refractivity contribution in [3.05, 3.63) is 63.1 Å². The van der Waals surface area contributed by atoms with Gasteiger partial charge in [-0.3, -0.25) is 9.59 Å². The number of ketones is 1. The smallest absolute Gasteiger partial charge is 0.408 e. The molecule has 178 valence electrons. The molecule has 0 saturated heterocycles. The quantitative estimate of drug-likeness (QED) is 0.361. The molecule has 10 nitrogen and oxygen atoms in total. The highest BCUT2D eigenvalue weighted by Crippen LogP contribution is 2.40. The van der Waals surface area contributed by atoms with Crippen molar-refractivity contribution >= 4 is 64.4 Å². The molecule has 1 aromatic heterocycles. The minimum absolute atomic E-state index is 0.0412. The number of hydrogen-bond acceptors (Lipinski definition) is 8. The summed E-state index contributed by atoms with van der Waals surface area (Å²) in [5.74, 6) is -1.94. The molecular formula is C20H16Cl3N5O5S. The molecular weight excluding hydrogens is 529 g/mol. The van der Waals surface area contributed by atoms with Gasteiger partial charge in [-0.15, -0.1) is 10.2 Å². The number of hydrogen-bond donors (Lipinski definition) is 2. The minimum atomic E-state index is -1.36. The van der Waals surface area contributed by atoms with Crippen LogP contribution in [0.3, 0.4) is 0 Å². The molecule has 1 unspecified atom stereocenters. The zero-order valence-electron chi connectivity index (χ0n) is 17.2. The van der Waals surface area contributed by atoms with E-state index in [0.717, 1.165) is 22.1 Å². The Morgan fingerprint density at radius 2 is 1.79 bits per heavy atom. The second-order valence-corrected chi connectivity index (χ2v) is 8.87. The van der Waals surface area contributed by atoms with Crippen molar-refractivity contribution in [2.45, 2.75) is 35.7 Å². The van der Waals surface area contributed by atoms with Crippen LogP contribution >= 0.6 is 46.6 Å². The Balaban J connectivity index is 1.62. The van der Waals surface area contributed by atoms with E-state index in [1.54, 1.807) is 36.4 Å². The fraction of sp³-hybridized carbons (Fsp3) is 0.200. The van der Waals surface area contributed by atoms with Crippen molar-refractivity contribution in [3.8, 4) is 0 Å². The number of alkyl carbamates (subject to hydrolysis) is 1. The predicted molar refractivity (Wildman–Crippen MR) is 124 cm³/mol. The van der Waals surface area contributed by atoms with E-state index in [4.69, 9.17) is 44.6 Å². The van der Waals surface area contributed by atoms with E-state index in [1.165, 1.54) is 0 Å². The van der Waals surface area contributed by atoms with Crippen LogP contribution in [-0.4, -0.2) is 49.2 Å². The summed E-state index contributed by atoms with van der Waals surface area (Å²) >= 11 is 19.3. The van der Waals surface area contributed by atoms with Gasteiger partial charge in [-0.05, 0) is 34.7 Å². The van der Waals surface area contributed by atoms with Crippen LogP contribution in [0.15, 0.2) is 52.5 Å². The van der Waals surface area contributed by atoms with Crippen LogP contribution in [0.1, 0.15) is 12.0 Å². The number of carbonyl (C=O) groups is 3. The first-order valence-corrected chi connectivity index (χ1v) is 11.5. The van der Waals surface area contributed by atoms with Crippen LogP contribution < -0.4 is 5.32 Å². The molecule has 1 amide bonds. The summed E-state index contributed by atoms with van der Waals surface area (Å²) in [6.07, 6.45) is -1.58. The third-order valence-electron chi connectivity index (χ3n) is 4.20. The maximum absolute atomic E-state index is 12.6. The van der Waals surface area contributed by atoms with Crippen molar-refractivity contribution < 1.29 is 24.2 Å². The maximum atomic E-state index is 12.6. The molecule has 3 rings (SSSR count). The number of aliphatic carboxylic acids is 1. The highest BCUT2D eigenvalue weighted by Gasteiger charge is 2.25. The second-order valence-electron chi connectivity index (χ2n) is 6.70. The number of Topliss-reactive ketones (excluding diaryl/α,β-unsaturated/α-hetero) is 1. The van der Waals surface area contributed by atoms with Gasteiger partial charge in [0.15, 0.2) is 5.78 Å². The molecule has 0 aliphatic heterocycles. The van der Waals surface area contributed by atoms with Gasteiger partial charge in [0.05, 0.1) is 26.4 Å². The first kappa shape index (κ1) is 25.8. The lowest BCUT2D eigenvalue weighted by atomic mass is 10.1. The van der Waals surface area contributed by atoms with Crippen LogP contribution in [0, 0.1) is 0 Å². The summed E-state index contributed by atoms with van der Waals surface area (Å²) in [4.78, 5) is 37.3. The molecule has 34 heavy (non-hydrogen) atoms. The third kappa shape index (κ3) is 7.32. The number of carbonyl (C=O) groups excluding carboxylic acids is 2. The normalized spacial score (nSPS) is 11.6. The molecule has 0 bridgehead atoms. The second kappa shape index (κ2) is 12.0. The molecule has 0 aliphatic rings. The van der Waals surface area contributed by atoms with Crippen molar-refractivity contribution in [1.82, 2.24) is 25.5 Å². The van der Waals surface area contributed by atoms with Crippen LogP contribution in [-0.2, 0) is 27.5 Å². The number of rotatable bonds is 10. The zero-order chi connectivity index (χ0) is 24.7. The molecule has 0 saturated carbocycles. The minimum Gasteiger partial charge on any atom is -0.481 e. The lowest BCUT2D eigenvalue weighted by Crippen LogP contribution is -2.44. The van der Waals surface area contributed by atoms with Gasteiger partial charge in [-0.2, -0.15) is 4.80 Å². The summed E-state index contributed by atoms with van der Waals surface area (Å²) in [6.45, 7) is -0.484. The lowest BCUT2D eigenvalue weighted by Gasteiger charge is -2.15. The number of nitrogens with zero attached hydrogens (tertiary/aromatic N) is 4. The number of carboxylic acids is 1. The van der Waals surface area contributed by atoms with Crippen molar-refractivity contribution in [2.24, 2.45) is 0 Å². The highest BCUT2D eigenvalue weighted by molar-refractivity contribution is 7.99. The zero-order valence-corrected chi connectivity index (χ0v) is 20.2. The average Bonchev–Trinajstić information content (AvgIpc) is 3.24. The lowest BCUT2D eigenvalue weighted by molar-refractivity contribution is -0.139. The molecule has 2 aromatic carbocycles. The van der Waals surface area contributed by atoms with Gasteiger partial charge < -0.3 is 15.2 Å². The Kier molecular flexibility index (Phi) is 9.11. The summed E-state index contributed by atoms with van der Waals surface area (Å²) in [5.41, 5.74) is 0.732. The maximum Gasteiger partial charge on any atom is 0.408 e. The Labute approximate surface area is 212 Å². The molecule has 1 heterocycles. The van der Waals surface area contributed by atoms with E-state index < -0.39 is 36.9 Å². The fourth-order valence-electron chi connectivity index (χ4n) is 2.61. The van der Waals surface area contributed by atoms with E-state index in [2.05, 4.69) is 20.7 Å². The van der Waals surface area contributed by atoms with E-state index >= 15 is 0 Å². The first-order valence-electron chi connectivity index (χ1n) is 9.54. The highest BCUT2D eigenvalue weighted by atomic mass is 35.5. The summed E-state index contributed by atoms with van der Waals surface area (Å²) < 4.78 is 5.06. The summed E-state index contributed by atoms with van der Waals surface area (Å²) in [6, 6.07) is 10.6. The molecule has 0 spiro atoms. The Bertz CT molecular complexity index is 1190. The van der Waals surface area contributed by atoms with Crippen molar-refractivity contribution in [2.75, 3.05) is 0 Å². The molecule has 14 heteroatoms. The van der Waals surface area contributed by atoms with Crippen LogP contribution in [0.4, 0.5) is 4.79 Å². The van der Waals surface area contributed by atoms with Crippen LogP contribution in [0.25, 0.3) is 0 Å². The molecule has 3 aromatic rings. The SMILES string of the molecule is O=C(O)CC(NC(=O)OCc1ccccc1)C(=O)Cn1nnc(Sc2c(Cl)ccc(Cl)c2Cl)n1. The van der Waals surface area contributed by atoms with Gasteiger partial charge >= 0.3 is 12.1 Å². The summed E-state index contributed by atoms with van der Waals surface area (Å²) in [5, 5.41) is 24.0. The van der Waals surface area contributed by atoms with Crippen LogP contribution in [0.2, 0.25) is 15.1 Å². The Morgan fingerprint density at radius 1 is 1.09 bits per heavy atom. The number of aromatic nitrogens is 4. The number of tetrazole rings is 1. The third-order valence-corrected chi connectivity index (χ3v) is 6.52. The summed E-state index contributed by atoms with van der Waals surface area (Å²) in [7, 11) is 0. The van der Waals surface area contributed by atoms with E-state index in [0.29, 0.717) is 9.92 Å². The van der Waals surface area contributed by atoms with Gasteiger partial charge in [-0.25, -0.2) is 4.79 Å². The molecule has 1 atom stereocenters. The van der Waals surface area contributed by atoms with Gasteiger partial charge in [0.2, 0.25) is 5.16 Å². The number of benzene rings is 2. The van der Waals surface area contributed by atoms with Gasteiger partial charge in [-0.1, -0.05) is 65.1 Å². The van der Waals surface area contributed by atoms with Gasteiger partial charge in [0.25, 0.3) is 0 Å².